The molecule has 0 aliphatic carbocycles. The monoisotopic (exact) mass is 282 g/mol. The summed E-state index contributed by atoms with van der Waals surface area (Å²) in [5.41, 5.74) is 2.06. The number of nitrogens with one attached hydrogen (secondary N) is 2. The van der Waals surface area contributed by atoms with E-state index in [0.717, 1.165) is 29.3 Å². The third-order valence-corrected chi connectivity index (χ3v) is 4.46. The molecule has 2 heterocycles. The molecule has 5 nitrogen and oxygen atoms in total. The molecule has 0 spiro atoms. The zero-order valence-electron chi connectivity index (χ0n) is 11.8. The minimum absolute atomic E-state index is 0.0115. The standard InChI is InChI=1S/C13H22N4OS/c1-9(12-7-17(3)16-10(12)2)15-13(18)6-11-8-19-5-4-14-11/h7,9,11,14H,4-6,8H2,1-3H3,(H,15,18). The lowest BCUT2D eigenvalue weighted by molar-refractivity contribution is -0.122. The highest BCUT2D eigenvalue weighted by atomic mass is 32.2. The Hall–Kier alpha value is -1.01. The second kappa shape index (κ2) is 6.43. The van der Waals surface area contributed by atoms with Crippen molar-refractivity contribution in [2.45, 2.75) is 32.4 Å². The zero-order chi connectivity index (χ0) is 13.8. The molecule has 6 heteroatoms. The van der Waals surface area contributed by atoms with Gasteiger partial charge in [0.2, 0.25) is 5.91 Å². The van der Waals surface area contributed by atoms with Crippen molar-refractivity contribution in [2.24, 2.45) is 7.05 Å². The maximum Gasteiger partial charge on any atom is 0.222 e. The van der Waals surface area contributed by atoms with Crippen molar-refractivity contribution < 1.29 is 4.79 Å². The normalized spacial score (nSPS) is 21.1. The van der Waals surface area contributed by atoms with Gasteiger partial charge in [0.1, 0.15) is 0 Å². The van der Waals surface area contributed by atoms with E-state index in [0.29, 0.717) is 12.5 Å². The van der Waals surface area contributed by atoms with Gasteiger partial charge in [-0.25, -0.2) is 0 Å². The van der Waals surface area contributed by atoms with Gasteiger partial charge in [-0.05, 0) is 13.8 Å². The number of hydrogen-bond acceptors (Lipinski definition) is 4. The summed E-state index contributed by atoms with van der Waals surface area (Å²) >= 11 is 1.91. The topological polar surface area (TPSA) is 59.0 Å². The van der Waals surface area contributed by atoms with Crippen molar-refractivity contribution >= 4 is 17.7 Å². The third kappa shape index (κ3) is 3.98. The van der Waals surface area contributed by atoms with Crippen LogP contribution in [0.15, 0.2) is 6.20 Å². The molecule has 1 fully saturated rings. The average Bonchev–Trinajstić information content (AvgIpc) is 2.69. The fraction of sp³-hybridized carbons (Fsp3) is 0.692. The van der Waals surface area contributed by atoms with Crippen LogP contribution in [0.2, 0.25) is 0 Å². The molecule has 0 saturated carbocycles. The number of amides is 1. The van der Waals surface area contributed by atoms with Crippen LogP contribution in [0.4, 0.5) is 0 Å². The molecule has 1 aromatic heterocycles. The van der Waals surface area contributed by atoms with Crippen LogP contribution in [0, 0.1) is 6.92 Å². The van der Waals surface area contributed by atoms with E-state index in [9.17, 15) is 4.79 Å². The molecule has 19 heavy (non-hydrogen) atoms. The van der Waals surface area contributed by atoms with Gasteiger partial charge in [-0.1, -0.05) is 0 Å². The highest BCUT2D eigenvalue weighted by Crippen LogP contribution is 2.16. The average molecular weight is 282 g/mol. The molecule has 106 valence electrons. The van der Waals surface area contributed by atoms with Gasteiger partial charge < -0.3 is 10.6 Å². The summed E-state index contributed by atoms with van der Waals surface area (Å²) in [6.07, 6.45) is 2.52. The predicted octanol–water partition coefficient (Wildman–Crippen LogP) is 1.00. The van der Waals surface area contributed by atoms with Crippen molar-refractivity contribution in [1.29, 1.82) is 0 Å². The van der Waals surface area contributed by atoms with Crippen molar-refractivity contribution in [3.63, 3.8) is 0 Å². The van der Waals surface area contributed by atoms with Crippen LogP contribution in [0.5, 0.6) is 0 Å². The number of hydrogen-bond donors (Lipinski definition) is 2. The molecule has 0 radical (unpaired) electrons. The molecule has 2 N–H and O–H groups in total. The van der Waals surface area contributed by atoms with E-state index in [1.54, 1.807) is 4.68 Å². The van der Waals surface area contributed by atoms with Gasteiger partial charge in [-0.15, -0.1) is 0 Å². The summed E-state index contributed by atoms with van der Waals surface area (Å²) < 4.78 is 1.78. The van der Waals surface area contributed by atoms with Crippen LogP contribution in [-0.4, -0.2) is 39.8 Å². The third-order valence-electron chi connectivity index (χ3n) is 3.33. The van der Waals surface area contributed by atoms with Gasteiger partial charge in [0.15, 0.2) is 0 Å². The van der Waals surface area contributed by atoms with E-state index < -0.39 is 0 Å². The molecule has 1 saturated heterocycles. The zero-order valence-corrected chi connectivity index (χ0v) is 12.6. The van der Waals surface area contributed by atoms with Crippen molar-refractivity contribution in [3.05, 3.63) is 17.5 Å². The first kappa shape index (κ1) is 14.4. The Labute approximate surface area is 118 Å². The van der Waals surface area contributed by atoms with Crippen molar-refractivity contribution in [2.75, 3.05) is 18.1 Å². The first-order valence-electron chi connectivity index (χ1n) is 6.67. The summed E-state index contributed by atoms with van der Waals surface area (Å²) in [7, 11) is 1.90. The summed E-state index contributed by atoms with van der Waals surface area (Å²) in [6, 6.07) is 0.318. The van der Waals surface area contributed by atoms with Gasteiger partial charge in [0.25, 0.3) is 0 Å². The maximum atomic E-state index is 12.0. The van der Waals surface area contributed by atoms with Crippen LogP contribution in [0.3, 0.4) is 0 Å². The molecule has 1 aliphatic rings. The minimum Gasteiger partial charge on any atom is -0.349 e. The van der Waals surface area contributed by atoms with Gasteiger partial charge in [0, 0.05) is 49.3 Å². The number of aromatic nitrogens is 2. The number of thioether (sulfide) groups is 1. The smallest absolute Gasteiger partial charge is 0.222 e. The number of rotatable bonds is 4. The quantitative estimate of drug-likeness (QED) is 0.865. The Morgan fingerprint density at radius 1 is 1.74 bits per heavy atom. The SMILES string of the molecule is Cc1nn(C)cc1C(C)NC(=O)CC1CSCCN1. The Morgan fingerprint density at radius 3 is 3.11 bits per heavy atom. The van der Waals surface area contributed by atoms with E-state index in [1.807, 2.05) is 38.9 Å². The van der Waals surface area contributed by atoms with Crippen LogP contribution in [0.1, 0.15) is 30.6 Å². The molecular formula is C13H22N4OS. The van der Waals surface area contributed by atoms with E-state index in [-0.39, 0.29) is 11.9 Å². The highest BCUT2D eigenvalue weighted by molar-refractivity contribution is 7.99. The molecule has 2 atom stereocenters. The Balaban J connectivity index is 1.86. The second-order valence-corrected chi connectivity index (χ2v) is 6.21. The molecule has 1 aromatic rings. The molecule has 1 amide bonds. The highest BCUT2D eigenvalue weighted by Gasteiger charge is 2.19. The summed E-state index contributed by atoms with van der Waals surface area (Å²) in [5.74, 6) is 2.27. The maximum absolute atomic E-state index is 12.0. The van der Waals surface area contributed by atoms with Crippen LogP contribution >= 0.6 is 11.8 Å². The first-order valence-corrected chi connectivity index (χ1v) is 7.82. The van der Waals surface area contributed by atoms with Crippen LogP contribution in [-0.2, 0) is 11.8 Å². The van der Waals surface area contributed by atoms with Gasteiger partial charge in [-0.2, -0.15) is 16.9 Å². The largest absolute Gasteiger partial charge is 0.349 e. The summed E-state index contributed by atoms with van der Waals surface area (Å²) in [4.78, 5) is 12.0. The van der Waals surface area contributed by atoms with Crippen molar-refractivity contribution in [3.8, 4) is 0 Å². The van der Waals surface area contributed by atoms with Crippen LogP contribution in [0.25, 0.3) is 0 Å². The van der Waals surface area contributed by atoms with E-state index in [4.69, 9.17) is 0 Å². The molecule has 0 bridgehead atoms. The Kier molecular flexibility index (Phi) is 4.87. The van der Waals surface area contributed by atoms with Gasteiger partial charge >= 0.3 is 0 Å². The summed E-state index contributed by atoms with van der Waals surface area (Å²) in [6.45, 7) is 4.97. The fourth-order valence-electron chi connectivity index (χ4n) is 2.40. The Morgan fingerprint density at radius 2 is 2.53 bits per heavy atom. The van der Waals surface area contributed by atoms with E-state index >= 15 is 0 Å². The molecule has 2 unspecified atom stereocenters. The first-order chi connectivity index (χ1) is 9.06. The predicted molar refractivity (Wildman–Crippen MR) is 78.2 cm³/mol. The van der Waals surface area contributed by atoms with E-state index in [2.05, 4.69) is 15.7 Å². The number of aryl methyl sites for hydroxylation is 2. The van der Waals surface area contributed by atoms with Gasteiger partial charge in [-0.3, -0.25) is 9.48 Å². The molecule has 2 rings (SSSR count). The number of carbonyl (C=O) groups is 1. The molecule has 0 aromatic carbocycles. The molecule has 1 aliphatic heterocycles. The minimum atomic E-state index is 0.0115. The van der Waals surface area contributed by atoms with Crippen molar-refractivity contribution in [1.82, 2.24) is 20.4 Å². The van der Waals surface area contributed by atoms with Gasteiger partial charge in [0.05, 0.1) is 11.7 Å². The Bertz CT molecular complexity index is 440. The number of nitrogens with zero attached hydrogens (tertiary/aromatic N) is 2. The molecular weight excluding hydrogens is 260 g/mol. The second-order valence-electron chi connectivity index (χ2n) is 5.06. The van der Waals surface area contributed by atoms with E-state index in [1.165, 1.54) is 0 Å². The fourth-order valence-corrected chi connectivity index (χ4v) is 3.34. The summed E-state index contributed by atoms with van der Waals surface area (Å²) in [5, 5.41) is 10.7. The lowest BCUT2D eigenvalue weighted by Gasteiger charge is -2.23. The van der Waals surface area contributed by atoms with Crippen LogP contribution < -0.4 is 10.6 Å². The lowest BCUT2D eigenvalue weighted by Crippen LogP contribution is -2.41. The lowest BCUT2D eigenvalue weighted by atomic mass is 10.1. The number of carbonyl (C=O) groups excluding carboxylic acids is 1.